The van der Waals surface area contributed by atoms with Crippen molar-refractivity contribution in [1.29, 1.82) is 5.26 Å². The molecule has 1 aromatic heterocycles. The Balaban J connectivity index is 2.65. The van der Waals surface area contributed by atoms with Crippen LogP contribution in [0.3, 0.4) is 0 Å². The van der Waals surface area contributed by atoms with Crippen molar-refractivity contribution < 1.29 is 23.8 Å². The molecule has 0 aromatic carbocycles. The summed E-state index contributed by atoms with van der Waals surface area (Å²) in [5, 5.41) is 9.43. The van der Waals surface area contributed by atoms with Gasteiger partial charge in [0.1, 0.15) is 23.8 Å². The third kappa shape index (κ3) is 3.20. The molecule has 0 spiro atoms. The molecule has 0 aliphatic carbocycles. The Morgan fingerprint density at radius 2 is 2.00 bits per heavy atom. The van der Waals surface area contributed by atoms with E-state index in [1.807, 2.05) is 6.07 Å². The number of rotatable bonds is 4. The van der Waals surface area contributed by atoms with Crippen LogP contribution < -0.4 is 5.73 Å². The summed E-state index contributed by atoms with van der Waals surface area (Å²) < 4.78 is 14.8. The molecule has 0 fully saturated rings. The Kier molecular flexibility index (Phi) is 5.16. The molecule has 2 heterocycles. The summed E-state index contributed by atoms with van der Waals surface area (Å²) in [6.07, 6.45) is 2.72. The van der Waals surface area contributed by atoms with Crippen molar-refractivity contribution in [3.63, 3.8) is 0 Å². The number of carbonyl (C=O) groups is 2. The normalized spacial score (nSPS) is 17.0. The molecule has 2 rings (SSSR count). The van der Waals surface area contributed by atoms with Crippen molar-refractivity contribution in [2.24, 2.45) is 5.73 Å². The first-order chi connectivity index (χ1) is 11.5. The fraction of sp³-hybridized carbons (Fsp3) is 0.250. The van der Waals surface area contributed by atoms with Gasteiger partial charge >= 0.3 is 11.9 Å². The van der Waals surface area contributed by atoms with E-state index in [1.54, 1.807) is 12.1 Å². The standard InChI is InChI=1S/C16H15N3O5/c1-22-12(20)7-11-14(16(21)23-2)13(9-3-5-19-6-4-9)10(8-17)15(18)24-11/h3-6,13H,7,18H2,1-2H3/t13-/m0/s1. The third-order valence-electron chi connectivity index (χ3n) is 3.47. The number of pyridine rings is 1. The Hall–Kier alpha value is -3.34. The second kappa shape index (κ2) is 7.28. The number of nitrogens with two attached hydrogens (primary N) is 1. The van der Waals surface area contributed by atoms with Crippen LogP contribution in [0.1, 0.15) is 17.9 Å². The SMILES string of the molecule is COC(=O)CC1=C(C(=O)OC)[C@@H](c2ccncc2)C(C#N)=C(N)O1. The molecular weight excluding hydrogens is 314 g/mol. The van der Waals surface area contributed by atoms with Crippen molar-refractivity contribution in [2.75, 3.05) is 14.2 Å². The Morgan fingerprint density at radius 3 is 2.54 bits per heavy atom. The van der Waals surface area contributed by atoms with Crippen LogP contribution >= 0.6 is 0 Å². The van der Waals surface area contributed by atoms with Crippen molar-refractivity contribution >= 4 is 11.9 Å². The topological polar surface area (TPSA) is 125 Å². The van der Waals surface area contributed by atoms with Crippen LogP contribution in [-0.4, -0.2) is 31.1 Å². The molecule has 8 heteroatoms. The summed E-state index contributed by atoms with van der Waals surface area (Å²) in [5.74, 6) is -2.35. The van der Waals surface area contributed by atoms with Gasteiger partial charge in [0.25, 0.3) is 0 Å². The van der Waals surface area contributed by atoms with Gasteiger partial charge in [0.2, 0.25) is 5.88 Å². The van der Waals surface area contributed by atoms with Crippen LogP contribution in [-0.2, 0) is 23.8 Å². The van der Waals surface area contributed by atoms with Gasteiger partial charge in [-0.05, 0) is 17.7 Å². The highest BCUT2D eigenvalue weighted by Crippen LogP contribution is 2.40. The van der Waals surface area contributed by atoms with Gasteiger partial charge in [-0.2, -0.15) is 5.26 Å². The maximum Gasteiger partial charge on any atom is 0.338 e. The number of esters is 2. The summed E-state index contributed by atoms with van der Waals surface area (Å²) in [6.45, 7) is 0. The quantitative estimate of drug-likeness (QED) is 0.807. The highest BCUT2D eigenvalue weighted by Gasteiger charge is 2.38. The largest absolute Gasteiger partial charge is 0.469 e. The van der Waals surface area contributed by atoms with Gasteiger partial charge in [0.15, 0.2) is 0 Å². The zero-order valence-corrected chi connectivity index (χ0v) is 13.1. The summed E-state index contributed by atoms with van der Waals surface area (Å²) in [4.78, 5) is 27.8. The van der Waals surface area contributed by atoms with E-state index < -0.39 is 17.9 Å². The van der Waals surface area contributed by atoms with Crippen LogP contribution in [0.5, 0.6) is 0 Å². The fourth-order valence-electron chi connectivity index (χ4n) is 2.38. The predicted octanol–water partition coefficient (Wildman–Crippen LogP) is 0.879. The highest BCUT2D eigenvalue weighted by atomic mass is 16.5. The number of nitriles is 1. The Labute approximate surface area is 138 Å². The summed E-state index contributed by atoms with van der Waals surface area (Å²) in [7, 11) is 2.41. The average Bonchev–Trinajstić information content (AvgIpc) is 2.61. The number of carbonyl (C=O) groups excluding carboxylic acids is 2. The van der Waals surface area contributed by atoms with E-state index in [2.05, 4.69) is 9.72 Å². The summed E-state index contributed by atoms with van der Waals surface area (Å²) in [5.41, 5.74) is 6.48. The maximum atomic E-state index is 12.3. The molecular formula is C16H15N3O5. The number of nitrogens with zero attached hydrogens (tertiary/aromatic N) is 2. The zero-order valence-electron chi connectivity index (χ0n) is 13.1. The Morgan fingerprint density at radius 1 is 1.33 bits per heavy atom. The van der Waals surface area contributed by atoms with E-state index in [0.717, 1.165) is 0 Å². The van der Waals surface area contributed by atoms with E-state index in [1.165, 1.54) is 26.6 Å². The molecule has 0 radical (unpaired) electrons. The Bertz CT molecular complexity index is 762. The average molecular weight is 329 g/mol. The van der Waals surface area contributed by atoms with Gasteiger partial charge < -0.3 is 19.9 Å². The molecule has 0 saturated heterocycles. The lowest BCUT2D eigenvalue weighted by Crippen LogP contribution is -2.26. The molecule has 0 saturated carbocycles. The van der Waals surface area contributed by atoms with Gasteiger partial charge in [-0.1, -0.05) is 0 Å². The zero-order chi connectivity index (χ0) is 17.7. The van der Waals surface area contributed by atoms with Crippen LogP contribution in [0.15, 0.2) is 47.3 Å². The number of methoxy groups -OCH3 is 2. The van der Waals surface area contributed by atoms with Crippen LogP contribution in [0.4, 0.5) is 0 Å². The van der Waals surface area contributed by atoms with Gasteiger partial charge in [0.05, 0.1) is 25.7 Å². The third-order valence-corrected chi connectivity index (χ3v) is 3.47. The molecule has 124 valence electrons. The first-order valence-electron chi connectivity index (χ1n) is 6.89. The van der Waals surface area contributed by atoms with Crippen LogP contribution in [0, 0.1) is 11.3 Å². The minimum Gasteiger partial charge on any atom is -0.469 e. The van der Waals surface area contributed by atoms with Gasteiger partial charge in [-0.3, -0.25) is 9.78 Å². The van der Waals surface area contributed by atoms with Crippen molar-refractivity contribution in [2.45, 2.75) is 12.3 Å². The van der Waals surface area contributed by atoms with E-state index in [-0.39, 0.29) is 29.2 Å². The maximum absolute atomic E-state index is 12.3. The molecule has 1 atom stereocenters. The molecule has 0 bridgehead atoms. The van der Waals surface area contributed by atoms with E-state index in [0.29, 0.717) is 5.56 Å². The summed E-state index contributed by atoms with van der Waals surface area (Å²) in [6, 6.07) is 5.23. The monoisotopic (exact) mass is 329 g/mol. The van der Waals surface area contributed by atoms with Gasteiger partial charge in [-0.25, -0.2) is 4.79 Å². The molecule has 1 aromatic rings. The lowest BCUT2D eigenvalue weighted by atomic mass is 9.83. The number of hydrogen-bond donors (Lipinski definition) is 1. The molecule has 1 aliphatic heterocycles. The predicted molar refractivity (Wildman–Crippen MR) is 80.6 cm³/mol. The van der Waals surface area contributed by atoms with Crippen LogP contribution in [0.2, 0.25) is 0 Å². The number of ether oxygens (including phenoxy) is 3. The first-order valence-corrected chi connectivity index (χ1v) is 6.89. The van der Waals surface area contributed by atoms with E-state index >= 15 is 0 Å². The van der Waals surface area contributed by atoms with E-state index in [4.69, 9.17) is 15.2 Å². The molecule has 8 nitrogen and oxygen atoms in total. The van der Waals surface area contributed by atoms with Crippen LogP contribution in [0.25, 0.3) is 0 Å². The van der Waals surface area contributed by atoms with Crippen molar-refractivity contribution in [3.8, 4) is 6.07 Å². The van der Waals surface area contributed by atoms with Crippen molar-refractivity contribution in [1.82, 2.24) is 4.98 Å². The number of aromatic nitrogens is 1. The minimum atomic E-state index is -0.821. The smallest absolute Gasteiger partial charge is 0.338 e. The highest BCUT2D eigenvalue weighted by molar-refractivity contribution is 5.93. The fourth-order valence-corrected chi connectivity index (χ4v) is 2.38. The lowest BCUT2D eigenvalue weighted by Gasteiger charge is -2.27. The van der Waals surface area contributed by atoms with Gasteiger partial charge in [0, 0.05) is 12.4 Å². The molecule has 2 N–H and O–H groups in total. The second-order valence-electron chi connectivity index (χ2n) is 4.79. The molecule has 1 aliphatic rings. The van der Waals surface area contributed by atoms with Crippen molar-refractivity contribution in [3.05, 3.63) is 52.9 Å². The summed E-state index contributed by atoms with van der Waals surface area (Å²) >= 11 is 0. The number of allylic oxidation sites excluding steroid dienone is 1. The van der Waals surface area contributed by atoms with E-state index in [9.17, 15) is 14.9 Å². The van der Waals surface area contributed by atoms with Gasteiger partial charge in [-0.15, -0.1) is 0 Å². The number of hydrogen-bond acceptors (Lipinski definition) is 8. The molecule has 0 amide bonds. The lowest BCUT2D eigenvalue weighted by molar-refractivity contribution is -0.140. The first kappa shape index (κ1) is 17.0. The molecule has 0 unspecified atom stereocenters. The minimum absolute atomic E-state index is 0.00740. The molecule has 24 heavy (non-hydrogen) atoms. The second-order valence-corrected chi connectivity index (χ2v) is 4.79.